The van der Waals surface area contributed by atoms with Gasteiger partial charge in [0.05, 0.1) is 24.1 Å². The first kappa shape index (κ1) is 22.8. The van der Waals surface area contributed by atoms with Crippen LogP contribution in [-0.4, -0.2) is 30.3 Å². The highest BCUT2D eigenvalue weighted by molar-refractivity contribution is 6.30. The van der Waals surface area contributed by atoms with Gasteiger partial charge in [0.15, 0.2) is 11.3 Å². The van der Waals surface area contributed by atoms with E-state index in [9.17, 15) is 18.0 Å². The zero-order valence-electron chi connectivity index (χ0n) is 18.0. The summed E-state index contributed by atoms with van der Waals surface area (Å²) in [6.07, 6.45) is -1.61. The molecule has 0 aliphatic rings. The number of fused-ring (bicyclic) bond motifs is 1. The molecule has 0 saturated carbocycles. The summed E-state index contributed by atoms with van der Waals surface area (Å²) in [6.45, 7) is 5.74. The molecule has 4 rings (SSSR count). The number of amides is 1. The number of nitrogens with one attached hydrogen (secondary N) is 1. The molecule has 0 atom stereocenters. The second-order valence-corrected chi connectivity index (χ2v) is 9.02. The van der Waals surface area contributed by atoms with E-state index in [0.717, 1.165) is 11.6 Å². The lowest BCUT2D eigenvalue weighted by molar-refractivity contribution is -0.142. The van der Waals surface area contributed by atoms with E-state index in [1.807, 2.05) is 12.1 Å². The Bertz CT molecular complexity index is 1320. The van der Waals surface area contributed by atoms with Crippen LogP contribution >= 0.6 is 11.6 Å². The minimum absolute atomic E-state index is 0.0571. The fourth-order valence-electron chi connectivity index (χ4n) is 3.16. The largest absolute Gasteiger partial charge is 0.433 e. The smallest absolute Gasteiger partial charge is 0.318 e. The molecule has 1 amide bonds. The molecule has 0 bridgehead atoms. The summed E-state index contributed by atoms with van der Waals surface area (Å²) >= 11 is 5.88. The maximum Gasteiger partial charge on any atom is 0.433 e. The molecule has 33 heavy (non-hydrogen) atoms. The second-order valence-electron chi connectivity index (χ2n) is 8.58. The number of carbonyl (C=O) groups excluding carboxylic acids is 1. The highest BCUT2D eigenvalue weighted by Crippen LogP contribution is 2.32. The first-order valence-electron chi connectivity index (χ1n) is 9.97. The Labute approximate surface area is 192 Å². The van der Waals surface area contributed by atoms with Crippen molar-refractivity contribution in [2.24, 2.45) is 0 Å². The van der Waals surface area contributed by atoms with Gasteiger partial charge < -0.3 is 5.32 Å². The average Bonchev–Trinajstić information content (AvgIpc) is 3.34. The van der Waals surface area contributed by atoms with Crippen LogP contribution < -0.4 is 5.32 Å². The molecule has 3 heterocycles. The molecule has 0 spiro atoms. The molecule has 0 aliphatic carbocycles. The van der Waals surface area contributed by atoms with E-state index < -0.39 is 23.2 Å². The molecular weight excluding hydrogens is 457 g/mol. The molecule has 11 heteroatoms. The summed E-state index contributed by atoms with van der Waals surface area (Å²) < 4.78 is 43.2. The molecule has 1 N–H and O–H groups in total. The van der Waals surface area contributed by atoms with Crippen molar-refractivity contribution in [1.29, 1.82) is 0 Å². The maximum absolute atomic E-state index is 13.6. The van der Waals surface area contributed by atoms with Crippen LogP contribution in [0.5, 0.6) is 0 Å². The lowest BCUT2D eigenvalue weighted by Gasteiger charge is -2.19. The van der Waals surface area contributed by atoms with Gasteiger partial charge in [-0.05, 0) is 23.8 Å². The first-order chi connectivity index (χ1) is 15.4. The third kappa shape index (κ3) is 5.00. The topological polar surface area (TPSA) is 77.1 Å². The number of rotatable bonds is 4. The third-order valence-corrected chi connectivity index (χ3v) is 5.12. The van der Waals surface area contributed by atoms with E-state index in [1.54, 1.807) is 43.8 Å². The van der Waals surface area contributed by atoms with Crippen LogP contribution in [0.25, 0.3) is 5.65 Å². The Hall–Kier alpha value is -3.40. The summed E-state index contributed by atoms with van der Waals surface area (Å²) in [4.78, 5) is 17.0. The van der Waals surface area contributed by atoms with E-state index in [4.69, 9.17) is 11.6 Å². The maximum atomic E-state index is 13.6. The van der Waals surface area contributed by atoms with Gasteiger partial charge in [0.1, 0.15) is 5.69 Å². The quantitative estimate of drug-likeness (QED) is 0.439. The molecule has 0 radical (unpaired) electrons. The van der Waals surface area contributed by atoms with Gasteiger partial charge in [0.2, 0.25) is 0 Å². The highest BCUT2D eigenvalue weighted by Gasteiger charge is 2.36. The van der Waals surface area contributed by atoms with Crippen LogP contribution in [0.2, 0.25) is 5.02 Å². The molecule has 0 fully saturated rings. The molecule has 3 aromatic heterocycles. The zero-order chi connectivity index (χ0) is 24.0. The van der Waals surface area contributed by atoms with Crippen molar-refractivity contribution >= 4 is 28.8 Å². The molecule has 0 unspecified atom stereocenters. The fourth-order valence-corrected chi connectivity index (χ4v) is 3.28. The molecule has 172 valence electrons. The van der Waals surface area contributed by atoms with Crippen LogP contribution in [0.3, 0.4) is 0 Å². The summed E-state index contributed by atoms with van der Waals surface area (Å²) in [5.74, 6) is -0.669. The van der Waals surface area contributed by atoms with Gasteiger partial charge >= 0.3 is 6.18 Å². The van der Waals surface area contributed by atoms with E-state index >= 15 is 0 Å². The average molecular weight is 477 g/mol. The van der Waals surface area contributed by atoms with Crippen LogP contribution in [0, 0.1) is 0 Å². The van der Waals surface area contributed by atoms with Crippen LogP contribution in [-0.2, 0) is 18.1 Å². The van der Waals surface area contributed by atoms with Gasteiger partial charge in [-0.25, -0.2) is 9.50 Å². The van der Waals surface area contributed by atoms with Crippen molar-refractivity contribution < 1.29 is 18.0 Å². The van der Waals surface area contributed by atoms with Gasteiger partial charge in [-0.1, -0.05) is 44.5 Å². The van der Waals surface area contributed by atoms with Gasteiger partial charge in [0, 0.05) is 22.7 Å². The standard InChI is InChI=1S/C22H20ClF3N6O/c1-21(2,3)17-9-18(22(24,25)26)32-19(29-17)8-16(30-32)20(33)28-15-10-27-31(12-15)11-13-4-6-14(23)7-5-13/h4-10,12H,11H2,1-3H3,(H,28,33). The number of aromatic nitrogens is 5. The van der Waals surface area contributed by atoms with Crippen LogP contribution in [0.15, 0.2) is 48.8 Å². The number of halogens is 4. The van der Waals surface area contributed by atoms with E-state index in [0.29, 0.717) is 21.8 Å². The van der Waals surface area contributed by atoms with Crippen molar-refractivity contribution in [3.05, 3.63) is 76.5 Å². The Morgan fingerprint density at radius 3 is 2.45 bits per heavy atom. The van der Waals surface area contributed by atoms with Crippen molar-refractivity contribution in [3.63, 3.8) is 0 Å². The van der Waals surface area contributed by atoms with Gasteiger partial charge in [-0.15, -0.1) is 0 Å². The van der Waals surface area contributed by atoms with Crippen molar-refractivity contribution in [3.8, 4) is 0 Å². The first-order valence-corrected chi connectivity index (χ1v) is 10.3. The SMILES string of the molecule is CC(C)(C)c1cc(C(F)(F)F)n2nc(C(=O)Nc3cnn(Cc4ccc(Cl)cc4)c3)cc2n1. The lowest BCUT2D eigenvalue weighted by Crippen LogP contribution is -2.20. The number of hydrogen-bond acceptors (Lipinski definition) is 4. The Balaban J connectivity index is 1.58. The summed E-state index contributed by atoms with van der Waals surface area (Å²) in [5.41, 5.74) is -0.271. The third-order valence-electron chi connectivity index (χ3n) is 4.87. The van der Waals surface area contributed by atoms with Gasteiger partial charge in [-0.3, -0.25) is 9.48 Å². The molecule has 0 saturated heterocycles. The predicted octanol–water partition coefficient (Wildman–Crippen LogP) is 5.20. The number of hydrogen-bond donors (Lipinski definition) is 1. The minimum atomic E-state index is -4.66. The number of carbonyl (C=O) groups is 1. The molecule has 0 aliphatic heterocycles. The predicted molar refractivity (Wildman–Crippen MR) is 117 cm³/mol. The number of alkyl halides is 3. The Morgan fingerprint density at radius 1 is 1.12 bits per heavy atom. The number of nitrogens with zero attached hydrogens (tertiary/aromatic N) is 5. The normalized spacial score (nSPS) is 12.3. The Morgan fingerprint density at radius 2 is 1.82 bits per heavy atom. The number of benzene rings is 1. The van der Waals surface area contributed by atoms with Crippen molar-refractivity contribution in [1.82, 2.24) is 24.4 Å². The minimum Gasteiger partial charge on any atom is -0.318 e. The molecule has 1 aromatic carbocycles. The number of anilines is 1. The Kier molecular flexibility index (Phi) is 5.65. The highest BCUT2D eigenvalue weighted by atomic mass is 35.5. The second kappa shape index (κ2) is 8.18. The summed E-state index contributed by atoms with van der Waals surface area (Å²) in [5, 5.41) is 11.3. The van der Waals surface area contributed by atoms with Gasteiger partial charge in [0.25, 0.3) is 5.91 Å². The van der Waals surface area contributed by atoms with Crippen molar-refractivity contribution in [2.45, 2.75) is 38.9 Å². The summed E-state index contributed by atoms with van der Waals surface area (Å²) in [6, 6.07) is 9.44. The molecule has 4 aromatic rings. The lowest BCUT2D eigenvalue weighted by atomic mass is 9.91. The zero-order valence-corrected chi connectivity index (χ0v) is 18.7. The van der Waals surface area contributed by atoms with Crippen molar-refractivity contribution in [2.75, 3.05) is 5.32 Å². The van der Waals surface area contributed by atoms with Gasteiger partial charge in [-0.2, -0.15) is 23.4 Å². The monoisotopic (exact) mass is 476 g/mol. The van der Waals surface area contributed by atoms with E-state index in [-0.39, 0.29) is 17.0 Å². The van der Waals surface area contributed by atoms with Crippen LogP contribution in [0.1, 0.15) is 48.2 Å². The van der Waals surface area contributed by atoms with Crippen LogP contribution in [0.4, 0.5) is 18.9 Å². The van der Waals surface area contributed by atoms with E-state index in [2.05, 4.69) is 20.5 Å². The molecule has 7 nitrogen and oxygen atoms in total. The van der Waals surface area contributed by atoms with E-state index in [1.165, 1.54) is 12.3 Å². The fraction of sp³-hybridized carbons (Fsp3) is 0.273. The summed E-state index contributed by atoms with van der Waals surface area (Å²) in [7, 11) is 0. The molecular formula is C22H20ClF3N6O.